The molecule has 2 heterocycles. The van der Waals surface area contributed by atoms with Crippen molar-refractivity contribution in [3.8, 4) is 0 Å². The Morgan fingerprint density at radius 2 is 1.61 bits per heavy atom. The van der Waals surface area contributed by atoms with E-state index in [9.17, 15) is 0 Å². The molecule has 1 aliphatic heterocycles. The summed E-state index contributed by atoms with van der Waals surface area (Å²) in [6.45, 7) is 12.4. The van der Waals surface area contributed by atoms with Gasteiger partial charge in [0, 0.05) is 60.6 Å². The third kappa shape index (κ3) is 4.33. The standard InChI is InChI=1S/C23H31N3.2ClH/c1-4-26-21-8-6-5-7-19(21)20-16-18(9-10-22(20)26)23(15-17(2)3)25-13-11-24-12-14-25;;/h5-10,16-17,23-24H,4,11-15H2,1-3H3;2*1H/t23-;;/m1../s1. The first-order valence-corrected chi connectivity index (χ1v) is 10.1. The van der Waals surface area contributed by atoms with Gasteiger partial charge in [0.2, 0.25) is 0 Å². The third-order valence-electron chi connectivity index (χ3n) is 5.78. The van der Waals surface area contributed by atoms with Crippen LogP contribution in [0.4, 0.5) is 0 Å². The number of benzene rings is 2. The fraction of sp³-hybridized carbons (Fsp3) is 0.478. The number of fused-ring (bicyclic) bond motifs is 3. The zero-order valence-corrected chi connectivity index (χ0v) is 18.8. The van der Waals surface area contributed by atoms with Crippen molar-refractivity contribution in [3.63, 3.8) is 0 Å². The van der Waals surface area contributed by atoms with Crippen molar-refractivity contribution in [1.29, 1.82) is 0 Å². The van der Waals surface area contributed by atoms with Crippen LogP contribution in [0.3, 0.4) is 0 Å². The van der Waals surface area contributed by atoms with Gasteiger partial charge in [-0.15, -0.1) is 24.8 Å². The predicted molar refractivity (Wildman–Crippen MR) is 126 cm³/mol. The monoisotopic (exact) mass is 421 g/mol. The van der Waals surface area contributed by atoms with Gasteiger partial charge in [-0.1, -0.05) is 38.1 Å². The lowest BCUT2D eigenvalue weighted by Gasteiger charge is -2.36. The van der Waals surface area contributed by atoms with Gasteiger partial charge >= 0.3 is 0 Å². The molecule has 1 N–H and O–H groups in total. The minimum absolute atomic E-state index is 0. The Hall–Kier alpha value is -1.26. The second-order valence-electron chi connectivity index (χ2n) is 7.97. The lowest BCUT2D eigenvalue weighted by atomic mass is 9.94. The first kappa shape index (κ1) is 23.0. The fourth-order valence-electron chi connectivity index (χ4n) is 4.56. The number of hydrogen-bond donors (Lipinski definition) is 1. The molecule has 0 bridgehead atoms. The van der Waals surface area contributed by atoms with E-state index in [-0.39, 0.29) is 24.8 Å². The van der Waals surface area contributed by atoms with Crippen LogP contribution in [-0.2, 0) is 6.54 Å². The lowest BCUT2D eigenvalue weighted by Crippen LogP contribution is -2.45. The minimum atomic E-state index is 0. The molecule has 0 radical (unpaired) electrons. The summed E-state index contributed by atoms with van der Waals surface area (Å²) in [5, 5.41) is 6.28. The van der Waals surface area contributed by atoms with Crippen LogP contribution in [0.25, 0.3) is 21.8 Å². The van der Waals surface area contributed by atoms with Crippen LogP contribution in [0.2, 0.25) is 0 Å². The second kappa shape index (κ2) is 9.98. The van der Waals surface area contributed by atoms with Crippen molar-refractivity contribution in [1.82, 2.24) is 14.8 Å². The maximum atomic E-state index is 3.49. The minimum Gasteiger partial charge on any atom is -0.341 e. The summed E-state index contributed by atoms with van der Waals surface area (Å²) in [4.78, 5) is 2.68. The number of para-hydroxylation sites is 1. The molecular formula is C23H33Cl2N3. The largest absolute Gasteiger partial charge is 0.341 e. The molecule has 1 aromatic heterocycles. The molecule has 1 saturated heterocycles. The molecule has 0 aliphatic carbocycles. The second-order valence-corrected chi connectivity index (χ2v) is 7.97. The smallest absolute Gasteiger partial charge is 0.0491 e. The molecule has 28 heavy (non-hydrogen) atoms. The van der Waals surface area contributed by atoms with Crippen molar-refractivity contribution in [2.24, 2.45) is 5.92 Å². The topological polar surface area (TPSA) is 20.2 Å². The van der Waals surface area contributed by atoms with Crippen molar-refractivity contribution in [3.05, 3.63) is 48.0 Å². The predicted octanol–water partition coefficient (Wildman–Crippen LogP) is 5.65. The van der Waals surface area contributed by atoms with E-state index in [0.29, 0.717) is 12.0 Å². The molecule has 0 amide bonds. The highest BCUT2D eigenvalue weighted by Crippen LogP contribution is 2.34. The molecular weight excluding hydrogens is 389 g/mol. The summed E-state index contributed by atoms with van der Waals surface area (Å²) < 4.78 is 2.44. The summed E-state index contributed by atoms with van der Waals surface area (Å²) in [5.74, 6) is 0.697. The summed E-state index contributed by atoms with van der Waals surface area (Å²) in [6, 6.07) is 16.6. The number of nitrogens with one attached hydrogen (secondary N) is 1. The Labute approximate surface area is 181 Å². The van der Waals surface area contributed by atoms with Crippen LogP contribution < -0.4 is 5.32 Å². The van der Waals surface area contributed by atoms with E-state index in [0.717, 1.165) is 32.7 Å². The Morgan fingerprint density at radius 1 is 0.929 bits per heavy atom. The fourth-order valence-corrected chi connectivity index (χ4v) is 4.56. The van der Waals surface area contributed by atoms with Gasteiger partial charge in [-0.2, -0.15) is 0 Å². The van der Waals surface area contributed by atoms with E-state index >= 15 is 0 Å². The molecule has 0 saturated carbocycles. The zero-order chi connectivity index (χ0) is 18.1. The Kier molecular flexibility index (Phi) is 8.20. The normalized spacial score (nSPS) is 16.1. The van der Waals surface area contributed by atoms with Crippen molar-refractivity contribution < 1.29 is 0 Å². The van der Waals surface area contributed by atoms with Crippen LogP contribution in [0, 0.1) is 5.92 Å². The highest BCUT2D eigenvalue weighted by Gasteiger charge is 2.24. The van der Waals surface area contributed by atoms with Gasteiger partial charge < -0.3 is 9.88 Å². The first-order valence-electron chi connectivity index (χ1n) is 10.1. The summed E-state index contributed by atoms with van der Waals surface area (Å²) in [6.07, 6.45) is 1.22. The zero-order valence-electron chi connectivity index (χ0n) is 17.1. The van der Waals surface area contributed by atoms with Gasteiger partial charge in [0.25, 0.3) is 0 Å². The average Bonchev–Trinajstić information content (AvgIpc) is 2.99. The molecule has 3 aromatic rings. The Bertz CT molecular complexity index is 897. The van der Waals surface area contributed by atoms with E-state index in [1.807, 2.05) is 0 Å². The molecule has 154 valence electrons. The quantitative estimate of drug-likeness (QED) is 0.573. The summed E-state index contributed by atoms with van der Waals surface area (Å²) >= 11 is 0. The van der Waals surface area contributed by atoms with E-state index in [2.05, 4.69) is 78.0 Å². The average molecular weight is 422 g/mol. The summed E-state index contributed by atoms with van der Waals surface area (Å²) in [5.41, 5.74) is 4.19. The lowest BCUT2D eigenvalue weighted by molar-refractivity contribution is 0.154. The third-order valence-corrected chi connectivity index (χ3v) is 5.78. The number of nitrogens with zero attached hydrogens (tertiary/aromatic N) is 2. The van der Waals surface area contributed by atoms with Crippen LogP contribution in [0.5, 0.6) is 0 Å². The number of rotatable bonds is 5. The van der Waals surface area contributed by atoms with Crippen LogP contribution in [0.1, 0.15) is 38.8 Å². The highest BCUT2D eigenvalue weighted by atomic mass is 35.5. The van der Waals surface area contributed by atoms with Gasteiger partial charge in [0.15, 0.2) is 0 Å². The van der Waals surface area contributed by atoms with Gasteiger partial charge in [-0.25, -0.2) is 0 Å². The first-order chi connectivity index (χ1) is 12.7. The molecule has 5 heteroatoms. The van der Waals surface area contributed by atoms with Gasteiger partial charge in [0.1, 0.15) is 0 Å². The van der Waals surface area contributed by atoms with Crippen LogP contribution in [0.15, 0.2) is 42.5 Å². The number of aromatic nitrogens is 1. The van der Waals surface area contributed by atoms with Crippen molar-refractivity contribution in [2.45, 2.75) is 39.8 Å². The maximum Gasteiger partial charge on any atom is 0.0491 e. The van der Waals surface area contributed by atoms with Crippen LogP contribution in [-0.4, -0.2) is 35.6 Å². The molecule has 1 atom stereocenters. The van der Waals surface area contributed by atoms with Gasteiger partial charge in [-0.05, 0) is 43.0 Å². The molecule has 1 fully saturated rings. The van der Waals surface area contributed by atoms with E-state index in [1.165, 1.54) is 33.8 Å². The number of piperazine rings is 1. The molecule has 1 aliphatic rings. The molecule has 3 nitrogen and oxygen atoms in total. The van der Waals surface area contributed by atoms with Crippen LogP contribution >= 0.6 is 24.8 Å². The van der Waals surface area contributed by atoms with E-state index in [4.69, 9.17) is 0 Å². The number of aryl methyl sites for hydroxylation is 1. The molecule has 4 rings (SSSR count). The molecule has 0 spiro atoms. The van der Waals surface area contributed by atoms with Gasteiger partial charge in [-0.3, -0.25) is 4.90 Å². The Morgan fingerprint density at radius 3 is 2.29 bits per heavy atom. The number of hydrogen-bond acceptors (Lipinski definition) is 2. The SMILES string of the molecule is CCn1c2ccccc2c2cc([C@@H](CC(C)C)N3CCNCC3)ccc21.Cl.Cl. The number of halogens is 2. The van der Waals surface area contributed by atoms with E-state index < -0.39 is 0 Å². The van der Waals surface area contributed by atoms with E-state index in [1.54, 1.807) is 0 Å². The Balaban J connectivity index is 0.00000140. The molecule has 0 unspecified atom stereocenters. The van der Waals surface area contributed by atoms with Gasteiger partial charge in [0.05, 0.1) is 0 Å². The molecule has 2 aromatic carbocycles. The van der Waals surface area contributed by atoms with Crippen molar-refractivity contribution in [2.75, 3.05) is 26.2 Å². The highest BCUT2D eigenvalue weighted by molar-refractivity contribution is 6.08. The van der Waals surface area contributed by atoms with Crippen molar-refractivity contribution >= 4 is 46.6 Å². The maximum absolute atomic E-state index is 3.49. The summed E-state index contributed by atoms with van der Waals surface area (Å²) in [7, 11) is 0.